The summed E-state index contributed by atoms with van der Waals surface area (Å²) in [6.07, 6.45) is 5.74. The van der Waals surface area contributed by atoms with Crippen molar-refractivity contribution in [3.05, 3.63) is 23.7 Å². The number of carbonyl (C=O) groups excluding carboxylic acids is 2. The van der Waals surface area contributed by atoms with Crippen molar-refractivity contribution in [1.82, 2.24) is 10.6 Å². The van der Waals surface area contributed by atoms with E-state index in [1.165, 1.54) is 0 Å². The zero-order valence-corrected chi connectivity index (χ0v) is 17.7. The highest BCUT2D eigenvalue weighted by Crippen LogP contribution is 2.60. The second-order valence-corrected chi connectivity index (χ2v) is 9.72. The Hall–Kier alpha value is -1.86. The predicted molar refractivity (Wildman–Crippen MR) is 109 cm³/mol. The summed E-state index contributed by atoms with van der Waals surface area (Å²) in [5.74, 6) is 1.77. The standard InChI is InChI=1S/C23H32N2O5/c1-15-2-3-19(30-15)18(25-21(27)17-13-23(17)6-10-29-11-7-23)14-24-20(26)16-12-22(16)4-8-28-9-5-22/h2-3,16-18H,4-14H2,1H3,(H,24,26)(H,25,27). The molecule has 7 heteroatoms. The van der Waals surface area contributed by atoms with Crippen LogP contribution in [0.5, 0.6) is 0 Å². The molecular formula is C23H32N2O5. The van der Waals surface area contributed by atoms with Crippen LogP contribution in [0.1, 0.15) is 56.1 Å². The summed E-state index contributed by atoms with van der Waals surface area (Å²) in [4.78, 5) is 25.8. The molecule has 2 aliphatic heterocycles. The normalized spacial score (nSPS) is 29.4. The highest BCUT2D eigenvalue weighted by atomic mass is 16.5. The Morgan fingerprint density at radius 1 is 0.967 bits per heavy atom. The van der Waals surface area contributed by atoms with E-state index in [0.717, 1.165) is 70.7 Å². The molecular weight excluding hydrogens is 384 g/mol. The van der Waals surface area contributed by atoms with Crippen LogP contribution < -0.4 is 10.6 Å². The molecule has 7 nitrogen and oxygen atoms in total. The molecule has 2 aliphatic carbocycles. The fraction of sp³-hybridized carbons (Fsp3) is 0.739. The lowest BCUT2D eigenvalue weighted by Crippen LogP contribution is -2.40. The first kappa shape index (κ1) is 20.1. The predicted octanol–water partition coefficient (Wildman–Crippen LogP) is 2.49. The third kappa shape index (κ3) is 3.78. The Kier molecular flexibility index (Phi) is 5.14. The van der Waals surface area contributed by atoms with Crippen molar-refractivity contribution in [2.24, 2.45) is 22.7 Å². The molecule has 3 heterocycles. The maximum atomic E-state index is 13.0. The van der Waals surface area contributed by atoms with Crippen LogP contribution in [-0.4, -0.2) is 44.8 Å². The van der Waals surface area contributed by atoms with Crippen molar-refractivity contribution in [3.8, 4) is 0 Å². The van der Waals surface area contributed by atoms with Gasteiger partial charge in [0, 0.05) is 44.8 Å². The minimum atomic E-state index is -0.350. The van der Waals surface area contributed by atoms with Crippen molar-refractivity contribution in [1.29, 1.82) is 0 Å². The third-order valence-corrected chi connectivity index (χ3v) is 7.89. The van der Waals surface area contributed by atoms with Gasteiger partial charge in [-0.05, 0) is 68.4 Å². The molecule has 0 aromatic carbocycles. The second kappa shape index (κ2) is 7.68. The maximum Gasteiger partial charge on any atom is 0.224 e. The molecule has 2 amide bonds. The zero-order chi connectivity index (χ0) is 20.8. The molecule has 2 N–H and O–H groups in total. The number of carbonyl (C=O) groups is 2. The van der Waals surface area contributed by atoms with Gasteiger partial charge in [0.15, 0.2) is 0 Å². The number of furan rings is 1. The summed E-state index contributed by atoms with van der Waals surface area (Å²) < 4.78 is 16.7. The van der Waals surface area contributed by atoms with E-state index in [1.54, 1.807) is 0 Å². The highest BCUT2D eigenvalue weighted by molar-refractivity contribution is 5.84. The van der Waals surface area contributed by atoms with Gasteiger partial charge in [-0.15, -0.1) is 0 Å². The Bertz CT molecular complexity index is 806. The van der Waals surface area contributed by atoms with Gasteiger partial charge in [0.1, 0.15) is 17.6 Å². The van der Waals surface area contributed by atoms with Crippen molar-refractivity contribution < 1.29 is 23.5 Å². The average molecular weight is 417 g/mol. The molecule has 3 atom stereocenters. The van der Waals surface area contributed by atoms with E-state index < -0.39 is 0 Å². The molecule has 1 aromatic heterocycles. The summed E-state index contributed by atoms with van der Waals surface area (Å²) in [5.41, 5.74) is 0.268. The van der Waals surface area contributed by atoms with Gasteiger partial charge >= 0.3 is 0 Å². The topological polar surface area (TPSA) is 89.8 Å². The summed E-state index contributed by atoms with van der Waals surface area (Å²) in [7, 11) is 0. The van der Waals surface area contributed by atoms with E-state index in [1.807, 2.05) is 19.1 Å². The summed E-state index contributed by atoms with van der Waals surface area (Å²) >= 11 is 0. The van der Waals surface area contributed by atoms with Gasteiger partial charge < -0.3 is 24.5 Å². The molecule has 0 radical (unpaired) electrons. The van der Waals surface area contributed by atoms with Crippen molar-refractivity contribution in [3.63, 3.8) is 0 Å². The van der Waals surface area contributed by atoms with Gasteiger partial charge in [0.05, 0.1) is 0 Å². The number of nitrogens with one attached hydrogen (secondary N) is 2. The summed E-state index contributed by atoms with van der Waals surface area (Å²) in [6.45, 7) is 5.23. The smallest absolute Gasteiger partial charge is 0.224 e. The molecule has 164 valence electrons. The Labute approximate surface area is 177 Å². The van der Waals surface area contributed by atoms with Gasteiger partial charge in [0.25, 0.3) is 0 Å². The summed E-state index contributed by atoms with van der Waals surface area (Å²) in [5, 5.41) is 6.24. The molecule has 2 spiro atoms. The highest BCUT2D eigenvalue weighted by Gasteiger charge is 2.59. The van der Waals surface area contributed by atoms with Crippen LogP contribution >= 0.6 is 0 Å². The molecule has 4 fully saturated rings. The SMILES string of the molecule is Cc1ccc(C(CNC(=O)C2CC23CCOCC3)NC(=O)C2CC23CCOCC3)o1. The molecule has 30 heavy (non-hydrogen) atoms. The zero-order valence-electron chi connectivity index (χ0n) is 17.7. The van der Waals surface area contributed by atoms with Crippen LogP contribution in [0.15, 0.2) is 16.5 Å². The summed E-state index contributed by atoms with van der Waals surface area (Å²) in [6, 6.07) is 3.43. The molecule has 1 aromatic rings. The van der Waals surface area contributed by atoms with Crippen LogP contribution in [0.3, 0.4) is 0 Å². The van der Waals surface area contributed by atoms with Gasteiger partial charge in [0.2, 0.25) is 11.8 Å². The number of ether oxygens (including phenoxy) is 2. The van der Waals surface area contributed by atoms with Gasteiger partial charge in [-0.1, -0.05) is 0 Å². The van der Waals surface area contributed by atoms with Crippen LogP contribution in [0.4, 0.5) is 0 Å². The first-order chi connectivity index (χ1) is 14.5. The van der Waals surface area contributed by atoms with Crippen LogP contribution in [0.25, 0.3) is 0 Å². The molecule has 3 unspecified atom stereocenters. The van der Waals surface area contributed by atoms with Gasteiger partial charge in [-0.2, -0.15) is 0 Å². The average Bonchev–Trinajstić information content (AvgIpc) is 3.59. The first-order valence-corrected chi connectivity index (χ1v) is 11.3. The van der Waals surface area contributed by atoms with Gasteiger partial charge in [-0.25, -0.2) is 0 Å². The molecule has 4 aliphatic rings. The number of hydrogen-bond donors (Lipinski definition) is 2. The van der Waals surface area contributed by atoms with E-state index in [4.69, 9.17) is 13.9 Å². The molecule has 5 rings (SSSR count). The van der Waals surface area contributed by atoms with E-state index in [0.29, 0.717) is 12.3 Å². The van der Waals surface area contributed by atoms with E-state index in [-0.39, 0.29) is 40.5 Å². The van der Waals surface area contributed by atoms with Crippen LogP contribution in [0, 0.1) is 29.6 Å². The quantitative estimate of drug-likeness (QED) is 0.744. The number of aryl methyl sites for hydroxylation is 1. The second-order valence-electron chi connectivity index (χ2n) is 9.72. The van der Waals surface area contributed by atoms with E-state index in [9.17, 15) is 9.59 Å². The fourth-order valence-electron chi connectivity index (χ4n) is 5.56. The molecule has 2 saturated heterocycles. The Balaban J connectivity index is 1.20. The number of amides is 2. The monoisotopic (exact) mass is 416 g/mol. The fourth-order valence-corrected chi connectivity index (χ4v) is 5.56. The Morgan fingerprint density at radius 2 is 1.53 bits per heavy atom. The third-order valence-electron chi connectivity index (χ3n) is 7.89. The van der Waals surface area contributed by atoms with Crippen molar-refractivity contribution in [2.45, 2.75) is 51.5 Å². The molecule has 2 saturated carbocycles. The van der Waals surface area contributed by atoms with Crippen molar-refractivity contribution in [2.75, 3.05) is 33.0 Å². The van der Waals surface area contributed by atoms with Crippen LogP contribution in [0.2, 0.25) is 0 Å². The van der Waals surface area contributed by atoms with Gasteiger partial charge in [-0.3, -0.25) is 9.59 Å². The number of hydrogen-bond acceptors (Lipinski definition) is 5. The largest absolute Gasteiger partial charge is 0.464 e. The van der Waals surface area contributed by atoms with Crippen molar-refractivity contribution >= 4 is 11.8 Å². The lowest BCUT2D eigenvalue weighted by Gasteiger charge is -2.24. The van der Waals surface area contributed by atoms with Crippen LogP contribution in [-0.2, 0) is 19.1 Å². The number of rotatable bonds is 6. The first-order valence-electron chi connectivity index (χ1n) is 11.3. The Morgan fingerprint density at radius 3 is 2.07 bits per heavy atom. The van der Waals surface area contributed by atoms with E-state index >= 15 is 0 Å². The van der Waals surface area contributed by atoms with E-state index in [2.05, 4.69) is 10.6 Å². The lowest BCUT2D eigenvalue weighted by atomic mass is 9.93. The minimum absolute atomic E-state index is 0.0459. The lowest BCUT2D eigenvalue weighted by molar-refractivity contribution is -0.126. The minimum Gasteiger partial charge on any atom is -0.464 e. The maximum absolute atomic E-state index is 13.0. The molecule has 0 bridgehead atoms.